The van der Waals surface area contributed by atoms with Gasteiger partial charge in [0, 0.05) is 10.7 Å². The number of hydrogen-bond donors (Lipinski definition) is 0. The Kier molecular flexibility index (Phi) is 6.41. The van der Waals surface area contributed by atoms with Gasteiger partial charge in [-0.3, -0.25) is 0 Å². The lowest BCUT2D eigenvalue weighted by molar-refractivity contribution is 0.110. The molecule has 0 spiro atoms. The van der Waals surface area contributed by atoms with Crippen LogP contribution in [0.25, 0.3) is 0 Å². The average molecular weight is 309 g/mol. The molecule has 5 nitrogen and oxygen atoms in total. The first kappa shape index (κ1) is 16.1. The van der Waals surface area contributed by atoms with Crippen LogP contribution in [0, 0.1) is 6.92 Å². The van der Waals surface area contributed by atoms with E-state index in [9.17, 15) is 8.42 Å². The van der Waals surface area contributed by atoms with Crippen molar-refractivity contribution in [3.8, 4) is 11.5 Å². The van der Waals surface area contributed by atoms with Crippen LogP contribution < -0.4 is 9.47 Å². The van der Waals surface area contributed by atoms with Gasteiger partial charge in [-0.1, -0.05) is 6.07 Å². The SMILES string of the molecule is COc1cc(C)ccc1OCCOCCS(=O)(=O)Cl. The van der Waals surface area contributed by atoms with E-state index >= 15 is 0 Å². The van der Waals surface area contributed by atoms with Gasteiger partial charge in [0.1, 0.15) is 6.61 Å². The van der Waals surface area contributed by atoms with Gasteiger partial charge >= 0.3 is 0 Å². The molecule has 0 aliphatic heterocycles. The Hall–Kier alpha value is -0.980. The van der Waals surface area contributed by atoms with E-state index < -0.39 is 9.05 Å². The summed E-state index contributed by atoms with van der Waals surface area (Å²) >= 11 is 0. The first-order valence-electron chi connectivity index (χ1n) is 5.70. The van der Waals surface area contributed by atoms with Gasteiger partial charge in [-0.05, 0) is 24.6 Å². The first-order chi connectivity index (χ1) is 8.92. The van der Waals surface area contributed by atoms with E-state index in [-0.39, 0.29) is 19.0 Å². The Bertz CT molecular complexity index is 501. The zero-order valence-electron chi connectivity index (χ0n) is 10.9. The molecule has 0 amide bonds. The Morgan fingerprint density at radius 3 is 2.53 bits per heavy atom. The minimum atomic E-state index is -3.49. The lowest BCUT2D eigenvalue weighted by Gasteiger charge is -2.11. The number of benzene rings is 1. The normalized spacial score (nSPS) is 11.3. The van der Waals surface area contributed by atoms with Crippen LogP contribution in [0.5, 0.6) is 11.5 Å². The molecule has 0 radical (unpaired) electrons. The van der Waals surface area contributed by atoms with Crippen LogP contribution in [0.15, 0.2) is 18.2 Å². The average Bonchev–Trinajstić information content (AvgIpc) is 2.33. The molecule has 1 aromatic rings. The highest BCUT2D eigenvalue weighted by Crippen LogP contribution is 2.27. The van der Waals surface area contributed by atoms with Crippen LogP contribution in [-0.2, 0) is 13.8 Å². The van der Waals surface area contributed by atoms with Crippen molar-refractivity contribution in [1.29, 1.82) is 0 Å². The molecule has 0 N–H and O–H groups in total. The van der Waals surface area contributed by atoms with Gasteiger partial charge in [0.25, 0.3) is 0 Å². The Balaban J connectivity index is 2.30. The lowest BCUT2D eigenvalue weighted by atomic mass is 10.2. The second kappa shape index (κ2) is 7.57. The van der Waals surface area contributed by atoms with E-state index in [1.165, 1.54) is 0 Å². The lowest BCUT2D eigenvalue weighted by Crippen LogP contribution is -2.12. The van der Waals surface area contributed by atoms with Gasteiger partial charge in [0.15, 0.2) is 11.5 Å². The van der Waals surface area contributed by atoms with Crippen molar-refractivity contribution in [2.45, 2.75) is 6.92 Å². The largest absolute Gasteiger partial charge is 0.493 e. The predicted octanol–water partition coefficient (Wildman–Crippen LogP) is 1.97. The second-order valence-electron chi connectivity index (χ2n) is 3.86. The van der Waals surface area contributed by atoms with Crippen LogP contribution in [-0.4, -0.2) is 41.1 Å². The number of aryl methyl sites for hydroxylation is 1. The summed E-state index contributed by atoms with van der Waals surface area (Å²) < 4.78 is 37.0. The molecule has 1 rings (SSSR count). The highest BCUT2D eigenvalue weighted by atomic mass is 35.7. The summed E-state index contributed by atoms with van der Waals surface area (Å²) in [7, 11) is 3.12. The summed E-state index contributed by atoms with van der Waals surface area (Å²) in [6, 6.07) is 5.60. The van der Waals surface area contributed by atoms with Crippen LogP contribution >= 0.6 is 10.7 Å². The number of halogens is 1. The molecular weight excluding hydrogens is 292 g/mol. The zero-order valence-corrected chi connectivity index (χ0v) is 12.5. The molecular formula is C12H17ClO5S. The molecule has 19 heavy (non-hydrogen) atoms. The molecule has 0 fully saturated rings. The molecule has 0 atom stereocenters. The third kappa shape index (κ3) is 6.66. The minimum Gasteiger partial charge on any atom is -0.493 e. The standard InChI is InChI=1S/C12H17ClO5S/c1-10-3-4-11(12(9-10)16-2)18-6-5-17-7-8-19(13,14)15/h3-4,9H,5-8H2,1-2H3. The first-order valence-corrected chi connectivity index (χ1v) is 8.18. The van der Waals surface area contributed by atoms with Crippen molar-refractivity contribution in [2.24, 2.45) is 0 Å². The zero-order chi connectivity index (χ0) is 14.3. The third-order valence-corrected chi connectivity index (χ3v) is 3.39. The van der Waals surface area contributed by atoms with Crippen LogP contribution in [0.4, 0.5) is 0 Å². The summed E-state index contributed by atoms with van der Waals surface area (Å²) in [6.07, 6.45) is 0. The predicted molar refractivity (Wildman–Crippen MR) is 73.7 cm³/mol. The summed E-state index contributed by atoms with van der Waals surface area (Å²) in [5.74, 6) is 1.08. The van der Waals surface area contributed by atoms with Crippen molar-refractivity contribution in [3.63, 3.8) is 0 Å². The van der Waals surface area contributed by atoms with E-state index in [1.54, 1.807) is 7.11 Å². The molecule has 0 bridgehead atoms. The maximum Gasteiger partial charge on any atom is 0.234 e. The molecule has 0 aliphatic rings. The summed E-state index contributed by atoms with van der Waals surface area (Å²) in [4.78, 5) is 0. The van der Waals surface area contributed by atoms with E-state index in [0.717, 1.165) is 5.56 Å². The fourth-order valence-corrected chi connectivity index (χ4v) is 1.87. The van der Waals surface area contributed by atoms with Gasteiger partial charge < -0.3 is 14.2 Å². The monoisotopic (exact) mass is 308 g/mol. The van der Waals surface area contributed by atoms with Crippen LogP contribution in [0.1, 0.15) is 5.56 Å². The molecule has 0 saturated heterocycles. The van der Waals surface area contributed by atoms with Crippen LogP contribution in [0.3, 0.4) is 0 Å². The number of hydrogen-bond acceptors (Lipinski definition) is 5. The van der Waals surface area contributed by atoms with Crippen molar-refractivity contribution in [2.75, 3.05) is 32.7 Å². The second-order valence-corrected chi connectivity index (χ2v) is 6.75. The topological polar surface area (TPSA) is 61.8 Å². The van der Waals surface area contributed by atoms with E-state index in [1.807, 2.05) is 25.1 Å². The van der Waals surface area contributed by atoms with Crippen molar-refractivity contribution < 1.29 is 22.6 Å². The fourth-order valence-electron chi connectivity index (χ4n) is 1.37. The van der Waals surface area contributed by atoms with E-state index in [0.29, 0.717) is 18.1 Å². The van der Waals surface area contributed by atoms with E-state index in [2.05, 4.69) is 0 Å². The van der Waals surface area contributed by atoms with Crippen LogP contribution in [0.2, 0.25) is 0 Å². The van der Waals surface area contributed by atoms with Gasteiger partial charge in [-0.15, -0.1) is 0 Å². The molecule has 0 heterocycles. The Labute approximate surface area is 117 Å². The number of ether oxygens (including phenoxy) is 3. The molecule has 0 aromatic heterocycles. The highest BCUT2D eigenvalue weighted by Gasteiger charge is 2.06. The number of methoxy groups -OCH3 is 1. The summed E-state index contributed by atoms with van der Waals surface area (Å²) in [6.45, 7) is 2.60. The summed E-state index contributed by atoms with van der Waals surface area (Å²) in [5, 5.41) is 0. The van der Waals surface area contributed by atoms with Gasteiger partial charge in [-0.25, -0.2) is 8.42 Å². The highest BCUT2D eigenvalue weighted by molar-refractivity contribution is 8.13. The summed E-state index contributed by atoms with van der Waals surface area (Å²) in [5.41, 5.74) is 1.08. The molecule has 0 saturated carbocycles. The van der Waals surface area contributed by atoms with Gasteiger partial charge in [-0.2, -0.15) is 0 Å². The van der Waals surface area contributed by atoms with Crippen molar-refractivity contribution in [3.05, 3.63) is 23.8 Å². The molecule has 0 unspecified atom stereocenters. The van der Waals surface area contributed by atoms with Crippen molar-refractivity contribution in [1.82, 2.24) is 0 Å². The maximum absolute atomic E-state index is 10.6. The Morgan fingerprint density at radius 1 is 1.16 bits per heavy atom. The third-order valence-electron chi connectivity index (χ3n) is 2.28. The van der Waals surface area contributed by atoms with Crippen molar-refractivity contribution >= 4 is 19.7 Å². The molecule has 0 aliphatic carbocycles. The minimum absolute atomic E-state index is 0.0558. The van der Waals surface area contributed by atoms with Gasteiger partial charge in [0.05, 0.1) is 26.1 Å². The molecule has 1 aromatic carbocycles. The molecule has 108 valence electrons. The molecule has 7 heteroatoms. The Morgan fingerprint density at radius 2 is 1.89 bits per heavy atom. The fraction of sp³-hybridized carbons (Fsp3) is 0.500. The smallest absolute Gasteiger partial charge is 0.234 e. The van der Waals surface area contributed by atoms with Gasteiger partial charge in [0.2, 0.25) is 9.05 Å². The quantitative estimate of drug-likeness (QED) is 0.543. The maximum atomic E-state index is 10.6. The van der Waals surface area contributed by atoms with E-state index in [4.69, 9.17) is 24.9 Å². The number of rotatable bonds is 8.